The van der Waals surface area contributed by atoms with Crippen molar-refractivity contribution < 1.29 is 9.53 Å². The Morgan fingerprint density at radius 3 is 1.94 bits per heavy atom. The molecule has 0 aromatic heterocycles. The van der Waals surface area contributed by atoms with Gasteiger partial charge < -0.3 is 9.64 Å². The molecule has 4 nitrogen and oxygen atoms in total. The zero-order chi connectivity index (χ0) is 24.7. The first-order valence-corrected chi connectivity index (χ1v) is 12.2. The molecule has 0 radical (unpaired) electrons. The number of Topliss-reactive ketones (excluding diaryl/α,β-unsaturated/α-hetero) is 1. The number of likely N-dealkylation sites (N-methyl/N-ethyl adjacent to an activating group) is 1. The van der Waals surface area contributed by atoms with Gasteiger partial charge in [-0.1, -0.05) is 66.7 Å². The summed E-state index contributed by atoms with van der Waals surface area (Å²) in [5, 5.41) is 4.02. The van der Waals surface area contributed by atoms with Crippen LogP contribution in [0.5, 0.6) is 5.75 Å². The first-order chi connectivity index (χ1) is 17.0. The summed E-state index contributed by atoms with van der Waals surface area (Å²) in [6.07, 6.45) is 0. The molecule has 0 bridgehead atoms. The van der Waals surface area contributed by atoms with Crippen molar-refractivity contribution in [2.24, 2.45) is 4.99 Å². The highest BCUT2D eigenvalue weighted by Crippen LogP contribution is 2.44. The molecule has 4 aromatic carbocycles. The fourth-order valence-electron chi connectivity index (χ4n) is 5.05. The summed E-state index contributed by atoms with van der Waals surface area (Å²) in [7, 11) is 0. The SMILES string of the molecule is CCN(CC)C(=Nc1c(C)cccc1C)/C(C)=C1/Oc2c(c3ccccc3c3ccccc23)C1=O. The molecule has 176 valence electrons. The summed E-state index contributed by atoms with van der Waals surface area (Å²) in [5.74, 6) is 1.70. The molecule has 1 heterocycles. The third kappa shape index (κ3) is 3.70. The number of ketones is 1. The van der Waals surface area contributed by atoms with Crippen LogP contribution in [-0.4, -0.2) is 29.6 Å². The van der Waals surface area contributed by atoms with Crippen molar-refractivity contribution in [1.29, 1.82) is 0 Å². The van der Waals surface area contributed by atoms with Gasteiger partial charge in [-0.15, -0.1) is 0 Å². The number of carbonyl (C=O) groups is 1. The Bertz CT molecular complexity index is 1520. The van der Waals surface area contributed by atoms with Crippen LogP contribution in [0.4, 0.5) is 5.69 Å². The molecule has 35 heavy (non-hydrogen) atoms. The van der Waals surface area contributed by atoms with Gasteiger partial charge in [-0.2, -0.15) is 0 Å². The molecule has 0 unspecified atom stereocenters. The molecule has 0 fully saturated rings. The number of nitrogens with zero attached hydrogens (tertiary/aromatic N) is 2. The second-order valence-electron chi connectivity index (χ2n) is 9.03. The van der Waals surface area contributed by atoms with Gasteiger partial charge in [-0.05, 0) is 61.9 Å². The van der Waals surface area contributed by atoms with E-state index in [-0.39, 0.29) is 5.78 Å². The minimum atomic E-state index is -0.0826. The zero-order valence-electron chi connectivity index (χ0n) is 21.0. The van der Waals surface area contributed by atoms with Gasteiger partial charge in [0, 0.05) is 24.0 Å². The molecule has 0 aliphatic carbocycles. The highest BCUT2D eigenvalue weighted by Gasteiger charge is 2.34. The third-order valence-electron chi connectivity index (χ3n) is 6.92. The normalized spacial score (nSPS) is 14.9. The van der Waals surface area contributed by atoms with Crippen molar-refractivity contribution >= 4 is 38.9 Å². The van der Waals surface area contributed by atoms with Crippen LogP contribution in [0.25, 0.3) is 21.5 Å². The topological polar surface area (TPSA) is 41.9 Å². The van der Waals surface area contributed by atoms with Crippen molar-refractivity contribution in [2.75, 3.05) is 13.1 Å². The fourth-order valence-corrected chi connectivity index (χ4v) is 5.05. The molecule has 0 amide bonds. The van der Waals surface area contributed by atoms with E-state index in [1.165, 1.54) is 0 Å². The number of aryl methyl sites for hydroxylation is 2. The Morgan fingerprint density at radius 2 is 1.34 bits per heavy atom. The summed E-state index contributed by atoms with van der Waals surface area (Å²) in [4.78, 5) is 21.2. The smallest absolute Gasteiger partial charge is 0.233 e. The maximum absolute atomic E-state index is 13.9. The minimum absolute atomic E-state index is 0.0826. The van der Waals surface area contributed by atoms with Gasteiger partial charge in [0.05, 0.1) is 11.3 Å². The Balaban J connectivity index is 1.76. The lowest BCUT2D eigenvalue weighted by Crippen LogP contribution is -2.32. The van der Waals surface area contributed by atoms with E-state index in [0.717, 1.165) is 62.9 Å². The zero-order valence-corrected chi connectivity index (χ0v) is 21.0. The monoisotopic (exact) mass is 462 g/mol. The van der Waals surface area contributed by atoms with Gasteiger partial charge in [-0.25, -0.2) is 4.99 Å². The minimum Gasteiger partial charge on any atom is -0.451 e. The van der Waals surface area contributed by atoms with Gasteiger partial charge in [0.1, 0.15) is 11.6 Å². The highest BCUT2D eigenvalue weighted by atomic mass is 16.5. The van der Waals surface area contributed by atoms with Gasteiger partial charge in [0.25, 0.3) is 0 Å². The Hall–Kier alpha value is -3.92. The molecule has 1 aliphatic rings. The summed E-state index contributed by atoms with van der Waals surface area (Å²) in [6.45, 7) is 11.9. The second kappa shape index (κ2) is 9.03. The average Bonchev–Trinajstić information content (AvgIpc) is 3.23. The number of hydrogen-bond acceptors (Lipinski definition) is 3. The van der Waals surface area contributed by atoms with Gasteiger partial charge in [0.15, 0.2) is 5.76 Å². The summed E-state index contributed by atoms with van der Waals surface area (Å²) < 4.78 is 6.44. The first kappa shape index (κ1) is 22.9. The molecule has 1 aliphatic heterocycles. The van der Waals surface area contributed by atoms with E-state index < -0.39 is 0 Å². The summed E-state index contributed by atoms with van der Waals surface area (Å²) in [6, 6.07) is 22.4. The number of rotatable bonds is 4. The lowest BCUT2D eigenvalue weighted by molar-refractivity contribution is 0.101. The predicted molar refractivity (Wildman–Crippen MR) is 145 cm³/mol. The maximum Gasteiger partial charge on any atom is 0.233 e. The molecule has 0 atom stereocenters. The lowest BCUT2D eigenvalue weighted by atomic mass is 9.94. The second-order valence-corrected chi connectivity index (χ2v) is 9.03. The number of benzene rings is 4. The Morgan fingerprint density at radius 1 is 0.800 bits per heavy atom. The van der Waals surface area contributed by atoms with E-state index in [9.17, 15) is 4.79 Å². The van der Waals surface area contributed by atoms with Gasteiger partial charge >= 0.3 is 0 Å². The number of para-hydroxylation sites is 1. The molecule has 0 saturated carbocycles. The molecule has 4 heteroatoms. The van der Waals surface area contributed by atoms with Crippen LogP contribution in [0.1, 0.15) is 42.3 Å². The van der Waals surface area contributed by atoms with E-state index in [4.69, 9.17) is 9.73 Å². The largest absolute Gasteiger partial charge is 0.451 e. The number of allylic oxidation sites excluding steroid dienone is 1. The van der Waals surface area contributed by atoms with Crippen molar-refractivity contribution in [1.82, 2.24) is 4.90 Å². The maximum atomic E-state index is 13.9. The fraction of sp³-hybridized carbons (Fsp3) is 0.226. The van der Waals surface area contributed by atoms with Crippen LogP contribution in [0.2, 0.25) is 0 Å². The number of carbonyl (C=O) groups excluding carboxylic acids is 1. The van der Waals surface area contributed by atoms with Crippen LogP contribution >= 0.6 is 0 Å². The number of aliphatic imine (C=N–C) groups is 1. The van der Waals surface area contributed by atoms with Crippen LogP contribution in [-0.2, 0) is 0 Å². The molecular weight excluding hydrogens is 432 g/mol. The van der Waals surface area contributed by atoms with E-state index in [1.807, 2.05) is 49.4 Å². The van der Waals surface area contributed by atoms with Crippen LogP contribution < -0.4 is 4.74 Å². The van der Waals surface area contributed by atoms with E-state index >= 15 is 0 Å². The lowest BCUT2D eigenvalue weighted by Gasteiger charge is -2.25. The molecule has 0 saturated heterocycles. The predicted octanol–water partition coefficient (Wildman–Crippen LogP) is 7.53. The molecule has 4 aromatic rings. The van der Waals surface area contributed by atoms with Gasteiger partial charge in [0.2, 0.25) is 5.78 Å². The van der Waals surface area contributed by atoms with Gasteiger partial charge in [-0.3, -0.25) is 4.79 Å². The van der Waals surface area contributed by atoms with Crippen molar-refractivity contribution in [2.45, 2.75) is 34.6 Å². The molecule has 0 N–H and O–H groups in total. The Kier molecular flexibility index (Phi) is 5.89. The van der Waals surface area contributed by atoms with Crippen molar-refractivity contribution in [3.8, 4) is 5.75 Å². The molecular formula is C31H30N2O2. The molecule has 5 rings (SSSR count). The third-order valence-corrected chi connectivity index (χ3v) is 6.92. The summed E-state index contributed by atoms with van der Waals surface area (Å²) >= 11 is 0. The van der Waals surface area contributed by atoms with E-state index in [0.29, 0.717) is 17.1 Å². The standard InChI is InChI=1S/C31H30N2O2/c1-6-33(7-2)31(32-27-19(3)13-12-14-20(27)4)21(5)29-28(34)26-24-17-10-8-15-22(24)23-16-9-11-18-25(23)30(26)35-29/h8-18H,6-7H2,1-5H3/b29-21+,32-31?. The van der Waals surface area contributed by atoms with E-state index in [2.05, 4.69) is 56.9 Å². The number of hydrogen-bond donors (Lipinski definition) is 0. The summed E-state index contributed by atoms with van der Waals surface area (Å²) in [5.41, 5.74) is 4.54. The first-order valence-electron chi connectivity index (χ1n) is 12.2. The number of ether oxygens (including phenoxy) is 1. The van der Waals surface area contributed by atoms with Crippen molar-refractivity contribution in [3.63, 3.8) is 0 Å². The van der Waals surface area contributed by atoms with Crippen LogP contribution in [0.15, 0.2) is 83.1 Å². The van der Waals surface area contributed by atoms with E-state index in [1.54, 1.807) is 0 Å². The quantitative estimate of drug-likeness (QED) is 0.136. The number of amidine groups is 1. The van der Waals surface area contributed by atoms with Crippen LogP contribution in [0, 0.1) is 13.8 Å². The van der Waals surface area contributed by atoms with Crippen molar-refractivity contribution in [3.05, 3.63) is 94.8 Å². The highest BCUT2D eigenvalue weighted by molar-refractivity contribution is 6.28. The number of fused-ring (bicyclic) bond motifs is 6. The van der Waals surface area contributed by atoms with Crippen LogP contribution in [0.3, 0.4) is 0 Å². The average molecular weight is 463 g/mol. The Labute approximate surface area is 206 Å². The molecule has 0 spiro atoms.